The summed E-state index contributed by atoms with van der Waals surface area (Å²) in [6.07, 6.45) is 1.25. The number of aromatic nitrogens is 1. The molecule has 0 radical (unpaired) electrons. The number of para-hydroxylation sites is 1. The number of ether oxygens (including phenoxy) is 1. The molecule has 0 unspecified atom stereocenters. The Hall–Kier alpha value is -3.36. The first-order valence-electron chi connectivity index (χ1n) is 13.2. The Labute approximate surface area is 224 Å². The van der Waals surface area contributed by atoms with Gasteiger partial charge in [-0.15, -0.1) is 0 Å². The Morgan fingerprint density at radius 3 is 2.55 bits per heavy atom. The number of hydrogen-bond acceptors (Lipinski definition) is 4. The lowest BCUT2D eigenvalue weighted by molar-refractivity contribution is -0.120. The quantitative estimate of drug-likeness (QED) is 0.317. The van der Waals surface area contributed by atoms with Crippen molar-refractivity contribution >= 4 is 43.4 Å². The van der Waals surface area contributed by atoms with E-state index in [1.54, 1.807) is 12.1 Å². The van der Waals surface area contributed by atoms with Crippen LogP contribution in [0.1, 0.15) is 45.1 Å². The van der Waals surface area contributed by atoms with Gasteiger partial charge in [-0.2, -0.15) is 4.31 Å². The topological polar surface area (TPSA) is 80.6 Å². The van der Waals surface area contributed by atoms with Gasteiger partial charge in [-0.1, -0.05) is 38.1 Å². The van der Waals surface area contributed by atoms with Gasteiger partial charge in [0.25, 0.3) is 0 Å². The number of carbonyl (C=O) groups excluding carboxylic acids is 1. The van der Waals surface area contributed by atoms with Crippen LogP contribution in [0.4, 0.5) is 5.69 Å². The van der Waals surface area contributed by atoms with Crippen molar-refractivity contribution in [1.29, 1.82) is 0 Å². The number of nitrogens with zero attached hydrogens (tertiary/aromatic N) is 2. The summed E-state index contributed by atoms with van der Waals surface area (Å²) in [4.78, 5) is 13.5. The molecule has 0 saturated carbocycles. The van der Waals surface area contributed by atoms with Crippen molar-refractivity contribution in [1.82, 2.24) is 8.87 Å². The van der Waals surface area contributed by atoms with Crippen molar-refractivity contribution in [2.75, 3.05) is 25.5 Å². The van der Waals surface area contributed by atoms with Crippen LogP contribution in [0.2, 0.25) is 0 Å². The summed E-state index contributed by atoms with van der Waals surface area (Å²) in [7, 11) is -2.35. The van der Waals surface area contributed by atoms with Crippen LogP contribution in [0.15, 0.2) is 65.6 Å². The minimum absolute atomic E-state index is 0.139. The molecular weight excluding hydrogens is 498 g/mol. The number of amides is 1. The molecule has 4 aromatic rings. The van der Waals surface area contributed by atoms with E-state index >= 15 is 0 Å². The summed E-state index contributed by atoms with van der Waals surface area (Å²) in [6, 6.07) is 19.5. The first-order chi connectivity index (χ1) is 18.2. The van der Waals surface area contributed by atoms with Crippen LogP contribution in [0.3, 0.4) is 0 Å². The van der Waals surface area contributed by atoms with Crippen molar-refractivity contribution < 1.29 is 17.9 Å². The zero-order valence-corrected chi connectivity index (χ0v) is 23.2. The van der Waals surface area contributed by atoms with E-state index < -0.39 is 15.9 Å². The molecule has 1 aliphatic heterocycles. The first kappa shape index (κ1) is 26.3. The van der Waals surface area contributed by atoms with Gasteiger partial charge < -0.3 is 14.6 Å². The first-order valence-corrected chi connectivity index (χ1v) is 14.7. The summed E-state index contributed by atoms with van der Waals surface area (Å²) in [6.45, 7) is 7.55. The molecule has 1 fully saturated rings. The lowest BCUT2D eigenvalue weighted by atomic mass is 9.98. The lowest BCUT2D eigenvalue weighted by Crippen LogP contribution is -2.43. The van der Waals surface area contributed by atoms with E-state index in [1.165, 1.54) is 16.9 Å². The van der Waals surface area contributed by atoms with Crippen molar-refractivity contribution in [2.24, 2.45) is 5.92 Å². The van der Waals surface area contributed by atoms with E-state index in [2.05, 4.69) is 28.9 Å². The largest absolute Gasteiger partial charge is 0.495 e. The Morgan fingerprint density at radius 1 is 1.05 bits per heavy atom. The normalized spacial score (nSPS) is 16.8. The number of fused-ring (bicyclic) bond motifs is 3. The van der Waals surface area contributed by atoms with Gasteiger partial charge in [-0.25, -0.2) is 8.42 Å². The third-order valence-electron chi connectivity index (χ3n) is 7.58. The molecule has 2 heterocycles. The number of sulfonamides is 1. The molecule has 1 amide bonds. The number of anilines is 1. The van der Waals surface area contributed by atoms with E-state index in [-0.39, 0.29) is 23.3 Å². The Bertz CT molecular complexity index is 1610. The molecule has 0 spiro atoms. The number of nitrogens with one attached hydrogen (secondary N) is 1. The van der Waals surface area contributed by atoms with Crippen LogP contribution in [-0.2, 0) is 21.4 Å². The molecule has 0 bridgehead atoms. The molecule has 1 atom stereocenters. The fraction of sp³-hybridized carbons (Fsp3) is 0.367. The predicted octanol–water partition coefficient (Wildman–Crippen LogP) is 5.99. The van der Waals surface area contributed by atoms with Gasteiger partial charge in [0.1, 0.15) is 10.6 Å². The third kappa shape index (κ3) is 4.67. The van der Waals surface area contributed by atoms with Crippen LogP contribution in [0, 0.1) is 5.92 Å². The van der Waals surface area contributed by atoms with E-state index in [0.717, 1.165) is 28.4 Å². The highest BCUT2D eigenvalue weighted by molar-refractivity contribution is 7.89. The van der Waals surface area contributed by atoms with Crippen molar-refractivity contribution in [3.05, 3.63) is 66.2 Å². The van der Waals surface area contributed by atoms with Gasteiger partial charge in [0.05, 0.1) is 13.0 Å². The summed E-state index contributed by atoms with van der Waals surface area (Å²) in [5, 5.41) is 5.29. The van der Waals surface area contributed by atoms with Crippen LogP contribution in [-0.4, -0.2) is 43.4 Å². The van der Waals surface area contributed by atoms with E-state index in [9.17, 15) is 13.2 Å². The molecule has 7 nitrogen and oxygen atoms in total. The number of methoxy groups -OCH3 is 1. The summed E-state index contributed by atoms with van der Waals surface area (Å²) in [5.41, 5.74) is 3.93. The van der Waals surface area contributed by atoms with Gasteiger partial charge in [-0.05, 0) is 67.6 Å². The zero-order chi connectivity index (χ0) is 27.0. The Kier molecular flexibility index (Phi) is 7.20. The average Bonchev–Trinajstić information content (AvgIpc) is 3.25. The van der Waals surface area contributed by atoms with Crippen LogP contribution >= 0.6 is 0 Å². The highest BCUT2D eigenvalue weighted by atomic mass is 32.2. The molecule has 1 N–H and O–H groups in total. The van der Waals surface area contributed by atoms with Crippen molar-refractivity contribution in [3.63, 3.8) is 0 Å². The third-order valence-corrected chi connectivity index (χ3v) is 9.47. The molecular formula is C30H35N3O4S. The second-order valence-corrected chi connectivity index (χ2v) is 12.2. The van der Waals surface area contributed by atoms with E-state index in [4.69, 9.17) is 4.74 Å². The lowest BCUT2D eigenvalue weighted by Gasteiger charge is -2.31. The molecule has 8 heteroatoms. The van der Waals surface area contributed by atoms with E-state index in [1.807, 2.05) is 50.2 Å². The van der Waals surface area contributed by atoms with Crippen LogP contribution in [0.25, 0.3) is 21.8 Å². The maximum atomic E-state index is 13.7. The molecule has 1 saturated heterocycles. The molecule has 200 valence electrons. The second kappa shape index (κ2) is 10.4. The standard InChI is InChI=1S/C30H35N3O4S/c1-5-33-26-11-7-6-10-24(26)25-18-23(13-14-27(25)33)31-30(34)22-9-8-16-32(19-22)38(35,36)29-17-21(20(2)3)12-15-28(29)37-4/h6-7,10-15,17-18,20,22H,5,8-9,16,19H2,1-4H3,(H,31,34)/t22-/m0/s1. The molecule has 0 aliphatic carbocycles. The summed E-state index contributed by atoms with van der Waals surface area (Å²) >= 11 is 0. The highest BCUT2D eigenvalue weighted by Gasteiger charge is 2.35. The SMILES string of the molecule is CCn1c2ccccc2c2cc(NC(=O)[C@H]3CCCN(S(=O)(=O)c4cc(C(C)C)ccc4OC)C3)ccc21. The van der Waals surface area contributed by atoms with Gasteiger partial charge >= 0.3 is 0 Å². The molecule has 1 aliphatic rings. The molecule has 38 heavy (non-hydrogen) atoms. The summed E-state index contributed by atoms with van der Waals surface area (Å²) in [5.74, 6) is -0.101. The number of benzene rings is 3. The monoisotopic (exact) mass is 533 g/mol. The van der Waals surface area contributed by atoms with Crippen LogP contribution in [0.5, 0.6) is 5.75 Å². The molecule has 1 aromatic heterocycles. The zero-order valence-electron chi connectivity index (χ0n) is 22.4. The fourth-order valence-corrected chi connectivity index (χ4v) is 7.20. The van der Waals surface area contributed by atoms with Crippen LogP contribution < -0.4 is 10.1 Å². The number of rotatable bonds is 7. The number of piperidine rings is 1. The van der Waals surface area contributed by atoms with Gasteiger partial charge in [0.2, 0.25) is 15.9 Å². The van der Waals surface area contributed by atoms with Gasteiger partial charge in [-0.3, -0.25) is 4.79 Å². The number of carbonyl (C=O) groups is 1. The maximum Gasteiger partial charge on any atom is 0.246 e. The van der Waals surface area contributed by atoms with Gasteiger partial charge in [0.15, 0.2) is 0 Å². The smallest absolute Gasteiger partial charge is 0.246 e. The van der Waals surface area contributed by atoms with Gasteiger partial charge in [0, 0.05) is 47.1 Å². The minimum atomic E-state index is -3.83. The van der Waals surface area contributed by atoms with Crippen molar-refractivity contribution in [2.45, 2.75) is 51.0 Å². The Balaban J connectivity index is 1.38. The average molecular weight is 534 g/mol. The molecule has 3 aromatic carbocycles. The highest BCUT2D eigenvalue weighted by Crippen LogP contribution is 2.34. The number of hydrogen-bond donors (Lipinski definition) is 1. The van der Waals surface area contributed by atoms with Crippen molar-refractivity contribution in [3.8, 4) is 5.75 Å². The maximum absolute atomic E-state index is 13.7. The Morgan fingerprint density at radius 2 is 1.82 bits per heavy atom. The van der Waals surface area contributed by atoms with E-state index in [0.29, 0.717) is 30.8 Å². The number of aryl methyl sites for hydroxylation is 1. The minimum Gasteiger partial charge on any atom is -0.495 e. The molecule has 5 rings (SSSR count). The predicted molar refractivity (Wildman–Crippen MR) is 152 cm³/mol. The summed E-state index contributed by atoms with van der Waals surface area (Å²) < 4.78 is 36.5. The second-order valence-electron chi connectivity index (χ2n) is 10.2. The fourth-order valence-electron chi connectivity index (χ4n) is 5.48.